The van der Waals surface area contributed by atoms with Crippen molar-refractivity contribution in [3.05, 3.63) is 29.8 Å². The zero-order chi connectivity index (χ0) is 14.8. The number of amides is 2. The molecule has 1 fully saturated rings. The molecule has 2 heterocycles. The lowest BCUT2D eigenvalue weighted by atomic mass is 10.00. The Kier molecular flexibility index (Phi) is 3.82. The molecule has 3 rings (SSSR count). The zero-order valence-corrected chi connectivity index (χ0v) is 12.2. The summed E-state index contributed by atoms with van der Waals surface area (Å²) < 4.78 is 5.55. The van der Waals surface area contributed by atoms with E-state index in [9.17, 15) is 9.59 Å². The van der Waals surface area contributed by atoms with Crippen LogP contribution in [0.2, 0.25) is 0 Å². The number of hydrogen-bond donors (Lipinski definition) is 1. The van der Waals surface area contributed by atoms with Gasteiger partial charge < -0.3 is 15.0 Å². The summed E-state index contributed by atoms with van der Waals surface area (Å²) in [4.78, 5) is 25.9. The molecule has 2 aliphatic heterocycles. The number of carbonyl (C=O) groups is 2. The van der Waals surface area contributed by atoms with Crippen LogP contribution in [0.1, 0.15) is 31.2 Å². The molecule has 1 saturated heterocycles. The zero-order valence-electron chi connectivity index (χ0n) is 12.2. The molecule has 5 heteroatoms. The Morgan fingerprint density at radius 1 is 1.38 bits per heavy atom. The van der Waals surface area contributed by atoms with Crippen LogP contribution in [0.15, 0.2) is 24.3 Å². The lowest BCUT2D eigenvalue weighted by molar-refractivity contribution is -0.130. The third kappa shape index (κ3) is 2.73. The highest BCUT2D eigenvalue weighted by Gasteiger charge is 2.33. The molecule has 1 N–H and O–H groups in total. The normalized spacial score (nSPS) is 23.6. The van der Waals surface area contributed by atoms with Crippen molar-refractivity contribution in [3.8, 4) is 5.75 Å². The molecule has 0 saturated carbocycles. The van der Waals surface area contributed by atoms with E-state index >= 15 is 0 Å². The van der Waals surface area contributed by atoms with Gasteiger partial charge in [-0.05, 0) is 12.5 Å². The van der Waals surface area contributed by atoms with Crippen LogP contribution >= 0.6 is 0 Å². The maximum atomic E-state index is 12.4. The minimum Gasteiger partial charge on any atom is -0.492 e. The summed E-state index contributed by atoms with van der Waals surface area (Å²) in [6.07, 6.45) is 1.34. The van der Waals surface area contributed by atoms with Gasteiger partial charge >= 0.3 is 0 Å². The third-order valence-corrected chi connectivity index (χ3v) is 4.21. The Hall–Kier alpha value is -2.04. The molecular weight excluding hydrogens is 268 g/mol. The number of carbonyl (C=O) groups excluding carboxylic acids is 2. The van der Waals surface area contributed by atoms with Gasteiger partial charge in [0.05, 0.1) is 0 Å². The van der Waals surface area contributed by atoms with E-state index in [2.05, 4.69) is 5.32 Å². The minimum absolute atomic E-state index is 0.00394. The molecule has 21 heavy (non-hydrogen) atoms. The van der Waals surface area contributed by atoms with Crippen molar-refractivity contribution < 1.29 is 14.3 Å². The van der Waals surface area contributed by atoms with E-state index in [4.69, 9.17) is 4.74 Å². The van der Waals surface area contributed by atoms with Crippen LogP contribution in [0, 0.1) is 0 Å². The minimum atomic E-state index is -0.239. The summed E-state index contributed by atoms with van der Waals surface area (Å²) in [5.74, 6) is 0.709. The first-order valence-corrected chi connectivity index (χ1v) is 7.49. The van der Waals surface area contributed by atoms with Crippen molar-refractivity contribution in [1.82, 2.24) is 10.2 Å². The molecule has 2 atom stereocenters. The summed E-state index contributed by atoms with van der Waals surface area (Å²) in [7, 11) is 0. The molecule has 1 aromatic rings. The van der Waals surface area contributed by atoms with Gasteiger partial charge in [-0.2, -0.15) is 0 Å². The number of ether oxygens (including phenoxy) is 1. The molecule has 1 aromatic carbocycles. The Labute approximate surface area is 124 Å². The first kappa shape index (κ1) is 13.9. The van der Waals surface area contributed by atoms with Gasteiger partial charge in [0.1, 0.15) is 18.3 Å². The predicted octanol–water partition coefficient (Wildman–Crippen LogP) is 1.29. The molecule has 0 spiro atoms. The monoisotopic (exact) mass is 288 g/mol. The van der Waals surface area contributed by atoms with E-state index in [1.165, 1.54) is 0 Å². The topological polar surface area (TPSA) is 58.6 Å². The van der Waals surface area contributed by atoms with Crippen molar-refractivity contribution in [3.63, 3.8) is 0 Å². The second kappa shape index (κ2) is 5.76. The number of para-hydroxylation sites is 1. The average molecular weight is 288 g/mol. The molecule has 0 bridgehead atoms. The number of hydrogen-bond acceptors (Lipinski definition) is 3. The van der Waals surface area contributed by atoms with Crippen LogP contribution in [0.3, 0.4) is 0 Å². The first-order valence-electron chi connectivity index (χ1n) is 7.49. The summed E-state index contributed by atoms with van der Waals surface area (Å²) in [5, 5.41) is 3.06. The fourth-order valence-corrected chi connectivity index (χ4v) is 3.01. The lowest BCUT2D eigenvalue weighted by Gasteiger charge is -2.17. The van der Waals surface area contributed by atoms with Gasteiger partial charge in [-0.25, -0.2) is 0 Å². The number of rotatable bonds is 3. The van der Waals surface area contributed by atoms with Crippen molar-refractivity contribution in [2.24, 2.45) is 0 Å². The van der Waals surface area contributed by atoms with Crippen molar-refractivity contribution >= 4 is 11.8 Å². The van der Waals surface area contributed by atoms with Gasteiger partial charge in [0.25, 0.3) is 0 Å². The highest BCUT2D eigenvalue weighted by Crippen LogP contribution is 2.33. The Bertz CT molecular complexity index is 558. The van der Waals surface area contributed by atoms with E-state index in [1.807, 2.05) is 36.1 Å². The van der Waals surface area contributed by atoms with Crippen molar-refractivity contribution in [2.75, 3.05) is 19.7 Å². The van der Waals surface area contributed by atoms with Gasteiger partial charge in [0.15, 0.2) is 0 Å². The smallest absolute Gasteiger partial charge is 0.231 e. The molecule has 0 radical (unpaired) electrons. The van der Waals surface area contributed by atoms with Crippen LogP contribution in [-0.2, 0) is 9.59 Å². The standard InChI is InChI=1S/C16H20N2O3/c1-2-15(19)18-8-7-11(9-18)17-16(20)13-10-21-14-6-4-3-5-12(13)14/h3-6,11,13H,2,7-10H2,1H3,(H,17,20). The second-order valence-electron chi connectivity index (χ2n) is 5.59. The maximum Gasteiger partial charge on any atom is 0.231 e. The second-order valence-corrected chi connectivity index (χ2v) is 5.59. The van der Waals surface area contributed by atoms with Crippen LogP contribution in [0.5, 0.6) is 5.75 Å². The van der Waals surface area contributed by atoms with Gasteiger partial charge in [-0.15, -0.1) is 0 Å². The van der Waals surface area contributed by atoms with Gasteiger partial charge in [-0.1, -0.05) is 25.1 Å². The Balaban J connectivity index is 1.60. The van der Waals surface area contributed by atoms with Crippen LogP contribution < -0.4 is 10.1 Å². The molecule has 112 valence electrons. The lowest BCUT2D eigenvalue weighted by Crippen LogP contribution is -2.41. The maximum absolute atomic E-state index is 12.4. The van der Waals surface area contributed by atoms with E-state index in [0.29, 0.717) is 19.6 Å². The van der Waals surface area contributed by atoms with E-state index in [0.717, 1.165) is 24.3 Å². The van der Waals surface area contributed by atoms with Crippen molar-refractivity contribution in [2.45, 2.75) is 31.7 Å². The van der Waals surface area contributed by atoms with E-state index in [-0.39, 0.29) is 23.8 Å². The van der Waals surface area contributed by atoms with Crippen LogP contribution in [-0.4, -0.2) is 42.5 Å². The molecule has 2 unspecified atom stereocenters. The van der Waals surface area contributed by atoms with Crippen molar-refractivity contribution in [1.29, 1.82) is 0 Å². The summed E-state index contributed by atoms with van der Waals surface area (Å²) >= 11 is 0. The summed E-state index contributed by atoms with van der Waals surface area (Å²) in [5.41, 5.74) is 0.953. The quantitative estimate of drug-likeness (QED) is 0.912. The number of likely N-dealkylation sites (tertiary alicyclic amines) is 1. The Morgan fingerprint density at radius 2 is 2.19 bits per heavy atom. The van der Waals surface area contributed by atoms with Crippen LogP contribution in [0.25, 0.3) is 0 Å². The Morgan fingerprint density at radius 3 is 3.00 bits per heavy atom. The fourth-order valence-electron chi connectivity index (χ4n) is 3.01. The fraction of sp³-hybridized carbons (Fsp3) is 0.500. The largest absolute Gasteiger partial charge is 0.492 e. The third-order valence-electron chi connectivity index (χ3n) is 4.21. The van der Waals surface area contributed by atoms with Gasteiger partial charge in [0, 0.05) is 31.1 Å². The highest BCUT2D eigenvalue weighted by molar-refractivity contribution is 5.86. The summed E-state index contributed by atoms with van der Waals surface area (Å²) in [6.45, 7) is 3.61. The predicted molar refractivity (Wildman–Crippen MR) is 78.1 cm³/mol. The summed E-state index contributed by atoms with van der Waals surface area (Å²) in [6, 6.07) is 7.71. The van der Waals surface area contributed by atoms with E-state index < -0.39 is 0 Å². The first-order chi connectivity index (χ1) is 10.2. The average Bonchev–Trinajstić information content (AvgIpc) is 3.12. The number of nitrogens with zero attached hydrogens (tertiary/aromatic N) is 1. The molecule has 2 aliphatic rings. The van der Waals surface area contributed by atoms with Gasteiger partial charge in [0.2, 0.25) is 11.8 Å². The van der Waals surface area contributed by atoms with Gasteiger partial charge in [-0.3, -0.25) is 9.59 Å². The van der Waals surface area contributed by atoms with E-state index in [1.54, 1.807) is 0 Å². The number of nitrogens with one attached hydrogen (secondary N) is 1. The number of benzene rings is 1. The molecule has 2 amide bonds. The molecule has 5 nitrogen and oxygen atoms in total. The SMILES string of the molecule is CCC(=O)N1CCC(NC(=O)C2COc3ccccc32)C1. The van der Waals surface area contributed by atoms with Crippen LogP contribution in [0.4, 0.5) is 0 Å². The molecule has 0 aliphatic carbocycles. The molecule has 0 aromatic heterocycles. The molecular formula is C16H20N2O3. The highest BCUT2D eigenvalue weighted by atomic mass is 16.5. The number of fused-ring (bicyclic) bond motifs is 1.